The van der Waals surface area contributed by atoms with Gasteiger partial charge in [0, 0.05) is 22.8 Å². The molecule has 5 nitrogen and oxygen atoms in total. The van der Waals surface area contributed by atoms with Crippen LogP contribution < -0.4 is 11.2 Å². The minimum atomic E-state index is -0.530. The molecule has 0 saturated heterocycles. The number of nitrogens with zero attached hydrogens (tertiary/aromatic N) is 2. The van der Waals surface area contributed by atoms with E-state index in [1.165, 1.54) is 22.8 Å². The molecule has 1 aromatic carbocycles. The summed E-state index contributed by atoms with van der Waals surface area (Å²) < 4.78 is 17.7. The number of pyridine rings is 1. The van der Waals surface area contributed by atoms with E-state index in [1.54, 1.807) is 10.6 Å². The maximum atomic E-state index is 14.2. The number of nitrogens with one attached hydrogen (secondary N) is 1. The predicted octanol–water partition coefficient (Wildman–Crippen LogP) is 3.35. The quantitative estimate of drug-likeness (QED) is 0.688. The molecule has 126 valence electrons. The Hall–Kier alpha value is -2.15. The van der Waals surface area contributed by atoms with Crippen molar-refractivity contribution in [1.82, 2.24) is 14.1 Å². The molecule has 3 aromatic rings. The van der Waals surface area contributed by atoms with Gasteiger partial charge >= 0.3 is 5.69 Å². The minimum Gasteiger partial charge on any atom is -0.310 e. The van der Waals surface area contributed by atoms with Gasteiger partial charge in [-0.15, -0.1) is 0 Å². The van der Waals surface area contributed by atoms with E-state index in [0.717, 1.165) is 18.5 Å². The van der Waals surface area contributed by atoms with Crippen molar-refractivity contribution in [3.05, 3.63) is 61.1 Å². The van der Waals surface area contributed by atoms with Crippen LogP contribution in [0, 0.1) is 5.82 Å². The van der Waals surface area contributed by atoms with E-state index in [4.69, 9.17) is 0 Å². The highest BCUT2D eigenvalue weighted by molar-refractivity contribution is 9.10. The van der Waals surface area contributed by atoms with Crippen LogP contribution in [0.4, 0.5) is 4.39 Å². The van der Waals surface area contributed by atoms with Gasteiger partial charge in [0.1, 0.15) is 5.82 Å². The van der Waals surface area contributed by atoms with Gasteiger partial charge in [-0.25, -0.2) is 9.18 Å². The van der Waals surface area contributed by atoms with Crippen LogP contribution in [-0.2, 0) is 13.0 Å². The molecule has 24 heavy (non-hydrogen) atoms. The van der Waals surface area contributed by atoms with E-state index in [1.807, 2.05) is 13.8 Å². The number of H-pyrrole nitrogens is 1. The SMILES string of the molecule is CC.O=c1cc2c([nH]c(=O)n2-c2ccc(Br)cc2F)c2n1CCC2. The van der Waals surface area contributed by atoms with Gasteiger partial charge < -0.3 is 9.55 Å². The second-order valence-corrected chi connectivity index (χ2v) is 6.22. The Balaban J connectivity index is 0.000000815. The standard InChI is InChI=1S/C15H11BrFN3O2.C2H6/c16-8-3-4-10(9(17)6-8)20-12-7-13(21)19-5-1-2-11(19)14(12)18-15(20)22;1-2/h3-4,6-7H,1-2,5H2,(H,18,22);1-2H3. The van der Waals surface area contributed by atoms with Gasteiger partial charge in [-0.3, -0.25) is 9.36 Å². The summed E-state index contributed by atoms with van der Waals surface area (Å²) in [6, 6.07) is 5.85. The highest BCUT2D eigenvalue weighted by Gasteiger charge is 2.21. The highest BCUT2D eigenvalue weighted by Crippen LogP contribution is 2.24. The summed E-state index contributed by atoms with van der Waals surface area (Å²) in [5.41, 5.74) is 1.37. The van der Waals surface area contributed by atoms with Crippen LogP contribution in [0.5, 0.6) is 0 Å². The number of halogens is 2. The van der Waals surface area contributed by atoms with Crippen molar-refractivity contribution < 1.29 is 4.39 Å². The summed E-state index contributed by atoms with van der Waals surface area (Å²) in [7, 11) is 0. The maximum absolute atomic E-state index is 14.2. The Kier molecular flexibility index (Phi) is 4.45. The summed E-state index contributed by atoms with van der Waals surface area (Å²) in [5.74, 6) is -0.530. The second kappa shape index (κ2) is 6.39. The van der Waals surface area contributed by atoms with E-state index in [2.05, 4.69) is 20.9 Å². The molecule has 1 N–H and O–H groups in total. The molecule has 4 rings (SSSR count). The molecule has 0 spiro atoms. The molecule has 0 saturated carbocycles. The lowest BCUT2D eigenvalue weighted by Crippen LogP contribution is -2.19. The summed E-state index contributed by atoms with van der Waals surface area (Å²) in [5, 5.41) is 0. The van der Waals surface area contributed by atoms with Crippen molar-refractivity contribution in [2.24, 2.45) is 0 Å². The number of imidazole rings is 1. The molecule has 0 fully saturated rings. The van der Waals surface area contributed by atoms with E-state index < -0.39 is 11.5 Å². The van der Waals surface area contributed by atoms with Gasteiger partial charge in [0.05, 0.1) is 16.7 Å². The first-order valence-electron chi connectivity index (χ1n) is 7.89. The lowest BCUT2D eigenvalue weighted by atomic mass is 10.2. The maximum Gasteiger partial charge on any atom is 0.331 e. The molecule has 7 heteroatoms. The summed E-state index contributed by atoms with van der Waals surface area (Å²) in [4.78, 5) is 27.3. The van der Waals surface area contributed by atoms with Crippen LogP contribution in [0.1, 0.15) is 26.0 Å². The molecule has 0 amide bonds. The zero-order valence-corrected chi connectivity index (χ0v) is 15.0. The lowest BCUT2D eigenvalue weighted by molar-refractivity contribution is 0.617. The summed E-state index contributed by atoms with van der Waals surface area (Å²) >= 11 is 3.19. The van der Waals surface area contributed by atoms with E-state index in [9.17, 15) is 14.0 Å². The third-order valence-corrected chi connectivity index (χ3v) is 4.51. The van der Waals surface area contributed by atoms with Gasteiger partial charge in [0.25, 0.3) is 5.56 Å². The molecular formula is C17H17BrFN3O2. The van der Waals surface area contributed by atoms with Gasteiger partial charge in [-0.2, -0.15) is 0 Å². The molecule has 0 bridgehead atoms. The molecule has 2 aromatic heterocycles. The molecule has 0 unspecified atom stereocenters. The summed E-state index contributed by atoms with van der Waals surface area (Å²) in [6.07, 6.45) is 1.60. The second-order valence-electron chi connectivity index (χ2n) is 5.31. The van der Waals surface area contributed by atoms with E-state index >= 15 is 0 Å². The first-order chi connectivity index (χ1) is 11.6. The smallest absolute Gasteiger partial charge is 0.310 e. The number of aromatic amines is 1. The van der Waals surface area contributed by atoms with Crippen molar-refractivity contribution in [3.63, 3.8) is 0 Å². The Labute approximate surface area is 145 Å². The fraction of sp³-hybridized carbons (Fsp3) is 0.294. The number of benzene rings is 1. The Morgan fingerprint density at radius 3 is 2.67 bits per heavy atom. The number of rotatable bonds is 1. The Morgan fingerprint density at radius 1 is 1.21 bits per heavy atom. The number of hydrogen-bond donors (Lipinski definition) is 1. The topological polar surface area (TPSA) is 59.8 Å². The van der Waals surface area contributed by atoms with Crippen molar-refractivity contribution in [1.29, 1.82) is 0 Å². The van der Waals surface area contributed by atoms with Crippen LogP contribution in [-0.4, -0.2) is 14.1 Å². The van der Waals surface area contributed by atoms with Gasteiger partial charge in [0.15, 0.2) is 0 Å². The lowest BCUT2D eigenvalue weighted by Gasteiger charge is -2.07. The van der Waals surface area contributed by atoms with Crippen LogP contribution in [0.3, 0.4) is 0 Å². The van der Waals surface area contributed by atoms with Crippen LogP contribution >= 0.6 is 15.9 Å². The molecular weight excluding hydrogens is 377 g/mol. The number of fused-ring (bicyclic) bond motifs is 3. The van der Waals surface area contributed by atoms with Gasteiger partial charge in [-0.05, 0) is 31.0 Å². The first kappa shape index (κ1) is 16.7. The molecule has 0 radical (unpaired) electrons. The zero-order valence-electron chi connectivity index (χ0n) is 13.4. The van der Waals surface area contributed by atoms with E-state index in [-0.39, 0.29) is 11.2 Å². The zero-order chi connectivity index (χ0) is 17.4. The van der Waals surface area contributed by atoms with Crippen molar-refractivity contribution in [2.75, 3.05) is 0 Å². The fourth-order valence-electron chi connectivity index (χ4n) is 3.08. The molecule has 1 aliphatic rings. The minimum absolute atomic E-state index is 0.127. The molecule has 3 heterocycles. The third-order valence-electron chi connectivity index (χ3n) is 4.02. The fourth-order valence-corrected chi connectivity index (χ4v) is 3.41. The first-order valence-corrected chi connectivity index (χ1v) is 8.68. The van der Waals surface area contributed by atoms with Crippen molar-refractivity contribution in [3.8, 4) is 5.69 Å². The van der Waals surface area contributed by atoms with Crippen LogP contribution in [0.15, 0.2) is 38.3 Å². The molecule has 0 aliphatic carbocycles. The van der Waals surface area contributed by atoms with Crippen molar-refractivity contribution >= 4 is 27.0 Å². The number of aromatic nitrogens is 3. The third kappa shape index (κ3) is 2.53. The summed E-state index contributed by atoms with van der Waals surface area (Å²) in [6.45, 7) is 4.66. The molecule has 0 atom stereocenters. The van der Waals surface area contributed by atoms with Gasteiger partial charge in [-0.1, -0.05) is 29.8 Å². The predicted molar refractivity (Wildman–Crippen MR) is 95.5 cm³/mol. The monoisotopic (exact) mass is 393 g/mol. The van der Waals surface area contributed by atoms with Gasteiger partial charge in [0.2, 0.25) is 0 Å². The van der Waals surface area contributed by atoms with Crippen LogP contribution in [0.25, 0.3) is 16.7 Å². The average molecular weight is 394 g/mol. The number of hydrogen-bond acceptors (Lipinski definition) is 2. The average Bonchev–Trinajstić information content (AvgIpc) is 3.15. The Bertz CT molecular complexity index is 1030. The van der Waals surface area contributed by atoms with Crippen LogP contribution in [0.2, 0.25) is 0 Å². The van der Waals surface area contributed by atoms with E-state index in [0.29, 0.717) is 22.1 Å². The number of aryl methyl sites for hydroxylation is 1. The normalized spacial score (nSPS) is 12.8. The Morgan fingerprint density at radius 2 is 1.96 bits per heavy atom. The largest absolute Gasteiger partial charge is 0.331 e. The molecule has 1 aliphatic heterocycles. The highest BCUT2D eigenvalue weighted by atomic mass is 79.9. The van der Waals surface area contributed by atoms with Crippen molar-refractivity contribution in [2.45, 2.75) is 33.2 Å².